The summed E-state index contributed by atoms with van der Waals surface area (Å²) in [7, 11) is 0. The first-order chi connectivity index (χ1) is 10.9. The number of rotatable bonds is 2. The zero-order valence-electron chi connectivity index (χ0n) is 12.2. The van der Waals surface area contributed by atoms with E-state index in [0.29, 0.717) is 0 Å². The first kappa shape index (κ1) is 12.8. The van der Waals surface area contributed by atoms with Gasteiger partial charge in [0.05, 0.1) is 0 Å². The Hall–Kier alpha value is -2.86. The third-order valence-corrected chi connectivity index (χ3v) is 4.00. The van der Waals surface area contributed by atoms with Crippen molar-refractivity contribution in [3.63, 3.8) is 0 Å². The summed E-state index contributed by atoms with van der Waals surface area (Å²) in [5, 5.41) is 5.16. The minimum atomic E-state index is 1.22. The molecule has 0 bridgehead atoms. The van der Waals surface area contributed by atoms with Crippen LogP contribution in [0.4, 0.5) is 0 Å². The van der Waals surface area contributed by atoms with Crippen molar-refractivity contribution in [1.82, 2.24) is 0 Å². The van der Waals surface area contributed by atoms with Gasteiger partial charge in [0.2, 0.25) is 0 Å². The van der Waals surface area contributed by atoms with Gasteiger partial charge in [-0.05, 0) is 50.9 Å². The van der Waals surface area contributed by atoms with Crippen molar-refractivity contribution in [3.05, 3.63) is 96.1 Å². The highest BCUT2D eigenvalue weighted by Crippen LogP contribution is 2.24. The fourth-order valence-electron chi connectivity index (χ4n) is 2.82. The Bertz CT molecular complexity index is 963. The quantitative estimate of drug-likeness (QED) is 0.304. The van der Waals surface area contributed by atoms with Crippen LogP contribution in [0.2, 0.25) is 0 Å². The predicted molar refractivity (Wildman–Crippen MR) is 96.8 cm³/mol. The molecule has 0 spiro atoms. The first-order valence-electron chi connectivity index (χ1n) is 7.54. The minimum absolute atomic E-state index is 1.22. The van der Waals surface area contributed by atoms with Gasteiger partial charge in [-0.1, -0.05) is 78.9 Å². The van der Waals surface area contributed by atoms with E-state index in [9.17, 15) is 0 Å². The molecule has 22 heavy (non-hydrogen) atoms. The van der Waals surface area contributed by atoms with Crippen LogP contribution in [0.25, 0.3) is 33.7 Å². The van der Waals surface area contributed by atoms with Gasteiger partial charge in [-0.15, -0.1) is 0 Å². The molecule has 0 heterocycles. The third kappa shape index (κ3) is 2.51. The molecule has 0 nitrogen and oxygen atoms in total. The molecule has 0 aliphatic rings. The normalized spacial score (nSPS) is 11.5. The largest absolute Gasteiger partial charge is 0.0622 e. The van der Waals surface area contributed by atoms with Gasteiger partial charge >= 0.3 is 0 Å². The molecule has 0 amide bonds. The van der Waals surface area contributed by atoms with Crippen LogP contribution in [-0.2, 0) is 0 Å². The first-order valence-corrected chi connectivity index (χ1v) is 7.54. The molecule has 0 saturated carbocycles. The van der Waals surface area contributed by atoms with E-state index in [1.165, 1.54) is 32.7 Å². The van der Waals surface area contributed by atoms with E-state index in [4.69, 9.17) is 0 Å². The second-order valence-electron chi connectivity index (χ2n) is 5.55. The van der Waals surface area contributed by atoms with Gasteiger partial charge in [0.1, 0.15) is 0 Å². The lowest BCUT2D eigenvalue weighted by Crippen LogP contribution is -1.78. The zero-order valence-corrected chi connectivity index (χ0v) is 12.2. The van der Waals surface area contributed by atoms with E-state index in [1.807, 2.05) is 6.07 Å². The van der Waals surface area contributed by atoms with Crippen molar-refractivity contribution in [3.8, 4) is 0 Å². The molecule has 0 heteroatoms. The second kappa shape index (κ2) is 5.50. The van der Waals surface area contributed by atoms with Crippen LogP contribution in [0.15, 0.2) is 84.9 Å². The van der Waals surface area contributed by atoms with Crippen molar-refractivity contribution < 1.29 is 0 Å². The summed E-state index contributed by atoms with van der Waals surface area (Å²) in [6, 6.07) is 30.1. The lowest BCUT2D eigenvalue weighted by molar-refractivity contribution is 1.66. The number of hydrogen-bond donors (Lipinski definition) is 0. The minimum Gasteiger partial charge on any atom is -0.0622 e. The summed E-state index contributed by atoms with van der Waals surface area (Å²) in [5.41, 5.74) is 2.45. The van der Waals surface area contributed by atoms with Gasteiger partial charge in [-0.25, -0.2) is 0 Å². The summed E-state index contributed by atoms with van der Waals surface area (Å²) in [6.07, 6.45) is 4.33. The Morgan fingerprint density at radius 3 is 1.77 bits per heavy atom. The van der Waals surface area contributed by atoms with Crippen molar-refractivity contribution in [1.29, 1.82) is 0 Å². The summed E-state index contributed by atoms with van der Waals surface area (Å²) < 4.78 is 0. The Kier molecular flexibility index (Phi) is 3.21. The summed E-state index contributed by atoms with van der Waals surface area (Å²) in [5.74, 6) is 0. The number of fused-ring (bicyclic) bond motifs is 2. The Balaban J connectivity index is 1.76. The lowest BCUT2D eigenvalue weighted by Gasteiger charge is -2.03. The fraction of sp³-hybridized carbons (Fsp3) is 0. The van der Waals surface area contributed by atoms with Gasteiger partial charge < -0.3 is 0 Å². The van der Waals surface area contributed by atoms with Gasteiger partial charge in [0, 0.05) is 0 Å². The van der Waals surface area contributed by atoms with E-state index < -0.39 is 0 Å². The standard InChI is InChI=1S/C22H16/c1-2-6-17(7-3-1)10-11-18-12-13-21-15-19-8-4-5-9-20(19)16-22(21)14-18/h1-16H. The van der Waals surface area contributed by atoms with E-state index in [-0.39, 0.29) is 0 Å². The number of benzene rings is 4. The molecule has 4 aromatic rings. The molecule has 4 aromatic carbocycles. The second-order valence-corrected chi connectivity index (χ2v) is 5.55. The highest BCUT2D eigenvalue weighted by atomic mass is 14.0. The Labute approximate surface area is 130 Å². The molecular weight excluding hydrogens is 264 g/mol. The molecule has 0 atom stereocenters. The molecule has 0 radical (unpaired) electrons. The maximum absolute atomic E-state index is 2.27. The van der Waals surface area contributed by atoms with Crippen LogP contribution in [-0.4, -0.2) is 0 Å². The van der Waals surface area contributed by atoms with Gasteiger partial charge in [-0.3, -0.25) is 0 Å². The van der Waals surface area contributed by atoms with Crippen molar-refractivity contribution in [2.24, 2.45) is 0 Å². The lowest BCUT2D eigenvalue weighted by atomic mass is 10.0. The highest BCUT2D eigenvalue weighted by molar-refractivity contribution is 5.99. The Morgan fingerprint density at radius 2 is 1.00 bits per heavy atom. The van der Waals surface area contributed by atoms with Crippen molar-refractivity contribution in [2.75, 3.05) is 0 Å². The van der Waals surface area contributed by atoms with Crippen LogP contribution >= 0.6 is 0 Å². The topological polar surface area (TPSA) is 0 Å². The van der Waals surface area contributed by atoms with Crippen LogP contribution in [0.3, 0.4) is 0 Å². The number of hydrogen-bond acceptors (Lipinski definition) is 0. The van der Waals surface area contributed by atoms with E-state index >= 15 is 0 Å². The highest BCUT2D eigenvalue weighted by Gasteiger charge is 1.98. The van der Waals surface area contributed by atoms with Crippen LogP contribution in [0, 0.1) is 0 Å². The maximum Gasteiger partial charge on any atom is -0.0172 e. The molecule has 0 aromatic heterocycles. The van der Waals surface area contributed by atoms with E-state index in [1.54, 1.807) is 0 Å². The van der Waals surface area contributed by atoms with E-state index in [2.05, 4.69) is 91.0 Å². The molecule has 0 saturated heterocycles. The molecule has 0 aliphatic heterocycles. The Morgan fingerprint density at radius 1 is 0.409 bits per heavy atom. The molecule has 104 valence electrons. The molecule has 0 unspecified atom stereocenters. The van der Waals surface area contributed by atoms with E-state index in [0.717, 1.165) is 0 Å². The fourth-order valence-corrected chi connectivity index (χ4v) is 2.82. The summed E-state index contributed by atoms with van der Waals surface area (Å²) >= 11 is 0. The summed E-state index contributed by atoms with van der Waals surface area (Å²) in [4.78, 5) is 0. The molecular formula is C22H16. The predicted octanol–water partition coefficient (Wildman–Crippen LogP) is 6.16. The van der Waals surface area contributed by atoms with Crippen molar-refractivity contribution >= 4 is 33.7 Å². The SMILES string of the molecule is C(=Cc1ccc2cc3ccccc3cc2c1)c1ccccc1. The molecule has 0 fully saturated rings. The monoisotopic (exact) mass is 280 g/mol. The zero-order chi connectivity index (χ0) is 14.8. The summed E-state index contributed by atoms with van der Waals surface area (Å²) in [6.45, 7) is 0. The van der Waals surface area contributed by atoms with Crippen LogP contribution in [0.1, 0.15) is 11.1 Å². The van der Waals surface area contributed by atoms with Crippen molar-refractivity contribution in [2.45, 2.75) is 0 Å². The van der Waals surface area contributed by atoms with Crippen LogP contribution < -0.4 is 0 Å². The average Bonchev–Trinajstić information content (AvgIpc) is 2.59. The molecule has 4 rings (SSSR count). The van der Waals surface area contributed by atoms with Gasteiger partial charge in [0.25, 0.3) is 0 Å². The third-order valence-electron chi connectivity index (χ3n) is 4.00. The average molecular weight is 280 g/mol. The van der Waals surface area contributed by atoms with Crippen LogP contribution in [0.5, 0.6) is 0 Å². The molecule has 0 N–H and O–H groups in total. The molecule has 0 aliphatic carbocycles. The maximum atomic E-state index is 2.27. The smallest absolute Gasteiger partial charge is 0.0172 e. The van der Waals surface area contributed by atoms with Gasteiger partial charge in [-0.2, -0.15) is 0 Å². The van der Waals surface area contributed by atoms with Gasteiger partial charge in [0.15, 0.2) is 0 Å².